The first kappa shape index (κ1) is 16.2. The molecule has 0 saturated heterocycles. The summed E-state index contributed by atoms with van der Waals surface area (Å²) in [6, 6.07) is 6.47. The Bertz CT molecular complexity index is 483. The largest absolute Gasteiger partial charge is 0.478 e. The number of carboxylic acids is 1. The molecule has 0 saturated carbocycles. The van der Waals surface area contributed by atoms with Crippen LogP contribution < -0.4 is 5.32 Å². The first-order chi connectivity index (χ1) is 9.35. The first-order valence-corrected chi connectivity index (χ1v) is 6.54. The molecule has 0 heterocycles. The Morgan fingerprint density at radius 2 is 1.90 bits per heavy atom. The van der Waals surface area contributed by atoms with Crippen LogP contribution in [0.2, 0.25) is 0 Å². The van der Waals surface area contributed by atoms with E-state index >= 15 is 0 Å². The summed E-state index contributed by atoms with van der Waals surface area (Å²) in [5, 5.41) is 20.7. The third-order valence-electron chi connectivity index (χ3n) is 3.15. The molecule has 0 spiro atoms. The van der Waals surface area contributed by atoms with Crippen molar-refractivity contribution in [2.24, 2.45) is 5.41 Å². The molecule has 5 heteroatoms. The van der Waals surface area contributed by atoms with Gasteiger partial charge >= 0.3 is 5.97 Å². The molecule has 0 radical (unpaired) electrons. The van der Waals surface area contributed by atoms with Gasteiger partial charge in [-0.2, -0.15) is 0 Å². The number of carbonyl (C=O) groups excluding carboxylic acids is 1. The highest BCUT2D eigenvalue weighted by atomic mass is 16.4. The summed E-state index contributed by atoms with van der Waals surface area (Å²) in [6.45, 7) is 4.43. The van der Waals surface area contributed by atoms with Gasteiger partial charge in [0.05, 0.1) is 12.0 Å². The van der Waals surface area contributed by atoms with Gasteiger partial charge in [-0.3, -0.25) is 4.79 Å². The van der Waals surface area contributed by atoms with Crippen LogP contribution in [0.3, 0.4) is 0 Å². The number of carbonyl (C=O) groups is 2. The quantitative estimate of drug-likeness (QED) is 0.705. The van der Waals surface area contributed by atoms with E-state index in [2.05, 4.69) is 5.32 Å². The maximum absolute atomic E-state index is 11.9. The van der Waals surface area contributed by atoms with Crippen LogP contribution in [0.1, 0.15) is 36.2 Å². The Hall–Kier alpha value is -1.88. The van der Waals surface area contributed by atoms with Gasteiger partial charge in [0, 0.05) is 13.2 Å². The standard InChI is InChI=1S/C15H21NO4/c1-15(2,7-8-17)10-16-13(18)9-11-5-3-4-6-12(11)14(19)20/h3-6,17H,7-10H2,1-2H3,(H,16,18)(H,19,20). The molecule has 1 aromatic rings. The van der Waals surface area contributed by atoms with Crippen LogP contribution in [0.15, 0.2) is 24.3 Å². The molecule has 1 aromatic carbocycles. The number of rotatable bonds is 7. The molecule has 5 nitrogen and oxygen atoms in total. The van der Waals surface area contributed by atoms with Gasteiger partial charge in [0.1, 0.15) is 0 Å². The Labute approximate surface area is 118 Å². The van der Waals surface area contributed by atoms with Crippen molar-refractivity contribution in [3.05, 3.63) is 35.4 Å². The summed E-state index contributed by atoms with van der Waals surface area (Å²) in [7, 11) is 0. The second kappa shape index (κ2) is 7.05. The number of hydrogen-bond acceptors (Lipinski definition) is 3. The molecule has 0 atom stereocenters. The summed E-state index contributed by atoms with van der Waals surface area (Å²) >= 11 is 0. The number of benzene rings is 1. The average Bonchev–Trinajstić information content (AvgIpc) is 2.37. The Balaban J connectivity index is 2.61. The molecule has 0 aliphatic heterocycles. The predicted molar refractivity (Wildman–Crippen MR) is 75.6 cm³/mol. The van der Waals surface area contributed by atoms with Crippen LogP contribution in [0.5, 0.6) is 0 Å². The molecule has 110 valence electrons. The highest BCUT2D eigenvalue weighted by Gasteiger charge is 2.19. The third kappa shape index (κ3) is 5.01. The number of hydrogen-bond donors (Lipinski definition) is 3. The summed E-state index contributed by atoms with van der Waals surface area (Å²) in [5.74, 6) is -1.25. The Kier molecular flexibility index (Phi) is 5.70. The highest BCUT2D eigenvalue weighted by molar-refractivity contribution is 5.91. The molecule has 0 aliphatic rings. The minimum absolute atomic E-state index is 0.0394. The molecule has 1 rings (SSSR count). The van der Waals surface area contributed by atoms with Crippen molar-refractivity contribution in [3.8, 4) is 0 Å². The fourth-order valence-electron chi connectivity index (χ4n) is 1.85. The second-order valence-electron chi connectivity index (χ2n) is 5.55. The molecule has 0 unspecified atom stereocenters. The monoisotopic (exact) mass is 279 g/mol. The highest BCUT2D eigenvalue weighted by Crippen LogP contribution is 2.18. The molecule has 0 fully saturated rings. The zero-order valence-electron chi connectivity index (χ0n) is 11.8. The van der Waals surface area contributed by atoms with Crippen LogP contribution >= 0.6 is 0 Å². The van der Waals surface area contributed by atoms with Crippen molar-refractivity contribution in [1.82, 2.24) is 5.32 Å². The number of amides is 1. The SMILES string of the molecule is CC(C)(CCO)CNC(=O)Cc1ccccc1C(=O)O. The topological polar surface area (TPSA) is 86.6 Å². The van der Waals surface area contributed by atoms with E-state index in [9.17, 15) is 9.59 Å². The predicted octanol–water partition coefficient (Wildman–Crippen LogP) is 1.45. The molecule has 20 heavy (non-hydrogen) atoms. The van der Waals surface area contributed by atoms with Crippen molar-refractivity contribution >= 4 is 11.9 Å². The van der Waals surface area contributed by atoms with Crippen molar-refractivity contribution in [2.75, 3.05) is 13.2 Å². The lowest BCUT2D eigenvalue weighted by Crippen LogP contribution is -2.35. The fraction of sp³-hybridized carbons (Fsp3) is 0.467. The van der Waals surface area contributed by atoms with Gasteiger partial charge in [0.2, 0.25) is 5.91 Å². The maximum atomic E-state index is 11.9. The van der Waals surface area contributed by atoms with Crippen LogP contribution in [-0.4, -0.2) is 35.2 Å². The van der Waals surface area contributed by atoms with Gasteiger partial charge in [-0.05, 0) is 23.5 Å². The van der Waals surface area contributed by atoms with E-state index in [1.54, 1.807) is 18.2 Å². The van der Waals surface area contributed by atoms with Crippen LogP contribution in [0.25, 0.3) is 0 Å². The zero-order valence-corrected chi connectivity index (χ0v) is 11.8. The number of aromatic carboxylic acids is 1. The lowest BCUT2D eigenvalue weighted by Gasteiger charge is -2.23. The lowest BCUT2D eigenvalue weighted by molar-refractivity contribution is -0.120. The van der Waals surface area contributed by atoms with E-state index in [0.29, 0.717) is 18.5 Å². The summed E-state index contributed by atoms with van der Waals surface area (Å²) in [6.07, 6.45) is 0.636. The summed E-state index contributed by atoms with van der Waals surface area (Å²) in [4.78, 5) is 22.9. The van der Waals surface area contributed by atoms with E-state index in [1.807, 2.05) is 13.8 Å². The first-order valence-electron chi connectivity index (χ1n) is 6.54. The van der Waals surface area contributed by atoms with Crippen LogP contribution in [-0.2, 0) is 11.2 Å². The van der Waals surface area contributed by atoms with Gasteiger partial charge in [-0.1, -0.05) is 32.0 Å². The zero-order chi connectivity index (χ0) is 15.2. The van der Waals surface area contributed by atoms with E-state index < -0.39 is 5.97 Å². The van der Waals surface area contributed by atoms with Gasteiger partial charge in [-0.25, -0.2) is 4.79 Å². The Morgan fingerprint density at radius 1 is 1.25 bits per heavy atom. The molecular formula is C15H21NO4. The molecule has 0 bridgehead atoms. The Morgan fingerprint density at radius 3 is 2.50 bits per heavy atom. The van der Waals surface area contributed by atoms with E-state index in [4.69, 9.17) is 10.2 Å². The molecule has 3 N–H and O–H groups in total. The fourth-order valence-corrected chi connectivity index (χ4v) is 1.85. The number of aliphatic hydroxyl groups excluding tert-OH is 1. The summed E-state index contributed by atoms with van der Waals surface area (Å²) < 4.78 is 0. The van der Waals surface area contributed by atoms with Gasteiger partial charge in [0.25, 0.3) is 0 Å². The van der Waals surface area contributed by atoms with Gasteiger partial charge in [0.15, 0.2) is 0 Å². The maximum Gasteiger partial charge on any atom is 0.335 e. The van der Waals surface area contributed by atoms with E-state index in [-0.39, 0.29) is 29.9 Å². The smallest absolute Gasteiger partial charge is 0.335 e. The summed E-state index contributed by atoms with van der Waals surface area (Å²) in [5.41, 5.74) is 0.464. The van der Waals surface area contributed by atoms with Crippen molar-refractivity contribution in [1.29, 1.82) is 0 Å². The molecule has 1 amide bonds. The number of nitrogens with one attached hydrogen (secondary N) is 1. The van der Waals surface area contributed by atoms with Crippen LogP contribution in [0.4, 0.5) is 0 Å². The minimum Gasteiger partial charge on any atom is -0.478 e. The number of carboxylic acid groups (broad SMARTS) is 1. The third-order valence-corrected chi connectivity index (χ3v) is 3.15. The normalized spacial score (nSPS) is 11.2. The van der Waals surface area contributed by atoms with Crippen molar-refractivity contribution in [2.45, 2.75) is 26.7 Å². The van der Waals surface area contributed by atoms with E-state index in [1.165, 1.54) is 6.07 Å². The minimum atomic E-state index is -1.03. The van der Waals surface area contributed by atoms with Gasteiger partial charge in [-0.15, -0.1) is 0 Å². The molecule has 0 aliphatic carbocycles. The lowest BCUT2D eigenvalue weighted by atomic mass is 9.89. The molecule has 0 aromatic heterocycles. The average molecular weight is 279 g/mol. The number of aliphatic hydroxyl groups is 1. The van der Waals surface area contributed by atoms with Gasteiger partial charge < -0.3 is 15.5 Å². The van der Waals surface area contributed by atoms with Crippen molar-refractivity contribution < 1.29 is 19.8 Å². The van der Waals surface area contributed by atoms with Crippen molar-refractivity contribution in [3.63, 3.8) is 0 Å². The van der Waals surface area contributed by atoms with Crippen LogP contribution in [0, 0.1) is 5.41 Å². The molecular weight excluding hydrogens is 258 g/mol. The van der Waals surface area contributed by atoms with E-state index in [0.717, 1.165) is 0 Å². The second-order valence-corrected chi connectivity index (χ2v) is 5.55.